The topological polar surface area (TPSA) is 78.4 Å². The number of benzene rings is 1. The van der Waals surface area contributed by atoms with Gasteiger partial charge < -0.3 is 15.7 Å². The van der Waals surface area contributed by atoms with Gasteiger partial charge in [0.2, 0.25) is 11.8 Å². The molecule has 2 amide bonds. The average molecular weight is 439 g/mol. The molecule has 1 aromatic rings. The van der Waals surface area contributed by atoms with Crippen LogP contribution in [0.1, 0.15) is 81.3 Å². The highest BCUT2D eigenvalue weighted by atomic mass is 16.3. The van der Waals surface area contributed by atoms with Gasteiger partial charge in [0.15, 0.2) is 0 Å². The zero-order chi connectivity index (χ0) is 22.3. The van der Waals surface area contributed by atoms with Crippen molar-refractivity contribution in [2.24, 2.45) is 11.8 Å². The van der Waals surface area contributed by atoms with Gasteiger partial charge in [-0.05, 0) is 61.0 Å². The van der Waals surface area contributed by atoms with E-state index in [4.69, 9.17) is 5.11 Å². The highest BCUT2D eigenvalue weighted by Crippen LogP contribution is 2.40. The number of aliphatic hydroxyl groups is 1. The maximum absolute atomic E-state index is 12.9. The van der Waals surface area contributed by atoms with Crippen molar-refractivity contribution < 1.29 is 14.7 Å². The average Bonchev–Trinajstić information content (AvgIpc) is 3.72. The summed E-state index contributed by atoms with van der Waals surface area (Å²) < 4.78 is 0. The van der Waals surface area contributed by atoms with Crippen LogP contribution in [0.5, 0.6) is 0 Å². The number of rotatable bonds is 12. The predicted octanol–water partition coefficient (Wildman–Crippen LogP) is 4.01. The molecule has 0 spiro atoms. The van der Waals surface area contributed by atoms with Gasteiger partial charge in [0, 0.05) is 18.5 Å². The van der Waals surface area contributed by atoms with E-state index in [1.807, 2.05) is 0 Å². The molecule has 32 heavy (non-hydrogen) atoms. The van der Waals surface area contributed by atoms with Crippen molar-refractivity contribution in [2.75, 3.05) is 13.2 Å². The molecule has 4 rings (SSSR count). The Kier molecular flexibility index (Phi) is 8.01. The Morgan fingerprint density at radius 2 is 1.75 bits per heavy atom. The van der Waals surface area contributed by atoms with Crippen LogP contribution in [-0.2, 0) is 16.0 Å². The summed E-state index contributed by atoms with van der Waals surface area (Å²) in [6.07, 6.45) is 14.7. The van der Waals surface area contributed by atoms with Gasteiger partial charge in [0.05, 0.1) is 6.61 Å². The molecule has 5 heteroatoms. The summed E-state index contributed by atoms with van der Waals surface area (Å²) in [4.78, 5) is 25.6. The number of carbonyl (C=O) groups is 2. The molecule has 0 aliphatic heterocycles. The lowest BCUT2D eigenvalue weighted by Gasteiger charge is -2.24. The maximum Gasteiger partial charge on any atom is 0.247 e. The van der Waals surface area contributed by atoms with Crippen LogP contribution >= 0.6 is 0 Å². The molecule has 0 bridgehead atoms. The molecule has 2 saturated carbocycles. The van der Waals surface area contributed by atoms with Crippen molar-refractivity contribution in [2.45, 2.75) is 82.6 Å². The first kappa shape index (κ1) is 23.0. The molecular formula is C27H38N2O3. The number of nitrogens with one attached hydrogen (secondary N) is 2. The number of allylic oxidation sites excluding steroid dienone is 1. The molecule has 5 nitrogen and oxygen atoms in total. The van der Waals surface area contributed by atoms with Gasteiger partial charge >= 0.3 is 0 Å². The lowest BCUT2D eigenvalue weighted by Crippen LogP contribution is -2.49. The molecule has 2 unspecified atom stereocenters. The second kappa shape index (κ2) is 11.1. The van der Waals surface area contributed by atoms with Crippen molar-refractivity contribution in [3.8, 4) is 0 Å². The highest BCUT2D eigenvalue weighted by Gasteiger charge is 2.26. The summed E-state index contributed by atoms with van der Waals surface area (Å²) in [5.41, 5.74) is 3.21. The predicted molar refractivity (Wildman–Crippen MR) is 126 cm³/mol. The largest absolute Gasteiger partial charge is 0.395 e. The van der Waals surface area contributed by atoms with Crippen molar-refractivity contribution in [3.63, 3.8) is 0 Å². The third-order valence-corrected chi connectivity index (χ3v) is 7.23. The van der Waals surface area contributed by atoms with Crippen LogP contribution in [0.4, 0.5) is 0 Å². The third-order valence-electron chi connectivity index (χ3n) is 7.23. The number of hydrogen-bond donors (Lipinski definition) is 3. The van der Waals surface area contributed by atoms with Gasteiger partial charge in [-0.2, -0.15) is 0 Å². The summed E-state index contributed by atoms with van der Waals surface area (Å²) in [7, 11) is 0. The normalized spacial score (nSPS) is 21.5. The fraction of sp³-hybridized carbons (Fsp3) is 0.630. The van der Waals surface area contributed by atoms with Gasteiger partial charge in [-0.1, -0.05) is 62.4 Å². The molecule has 1 aromatic carbocycles. The van der Waals surface area contributed by atoms with Gasteiger partial charge in [0.25, 0.3) is 0 Å². The van der Waals surface area contributed by atoms with Gasteiger partial charge in [-0.25, -0.2) is 0 Å². The van der Waals surface area contributed by atoms with E-state index >= 15 is 0 Å². The van der Waals surface area contributed by atoms with Gasteiger partial charge in [0.1, 0.15) is 6.04 Å². The van der Waals surface area contributed by atoms with Crippen molar-refractivity contribution in [1.82, 2.24) is 10.6 Å². The Morgan fingerprint density at radius 1 is 1.00 bits per heavy atom. The van der Waals surface area contributed by atoms with Crippen LogP contribution in [0, 0.1) is 11.8 Å². The molecule has 3 aliphatic rings. The molecule has 3 aliphatic carbocycles. The first-order valence-electron chi connectivity index (χ1n) is 12.6. The number of aliphatic hydroxyl groups excluding tert-OH is 1. The van der Waals surface area contributed by atoms with Crippen molar-refractivity contribution >= 4 is 11.8 Å². The SMILES string of the molecule is O=C(NC(Cc1ccc(C2CC2)cc1)C(=O)NCCO)C1=CCC(CCCC2CC2)CC1. The number of amides is 2. The molecule has 174 valence electrons. The minimum atomic E-state index is -0.641. The Bertz CT molecular complexity index is 809. The second-order valence-electron chi connectivity index (χ2n) is 10.0. The van der Waals surface area contributed by atoms with E-state index in [2.05, 4.69) is 41.0 Å². The zero-order valence-electron chi connectivity index (χ0n) is 19.2. The molecule has 2 fully saturated rings. The zero-order valence-corrected chi connectivity index (χ0v) is 19.2. The van der Waals surface area contributed by atoms with E-state index in [9.17, 15) is 9.59 Å². The fourth-order valence-electron chi connectivity index (χ4n) is 4.80. The van der Waals surface area contributed by atoms with Crippen LogP contribution in [0.15, 0.2) is 35.9 Å². The Balaban J connectivity index is 1.31. The highest BCUT2D eigenvalue weighted by molar-refractivity contribution is 5.97. The Labute approximate surface area is 192 Å². The molecule has 0 heterocycles. The van der Waals surface area contributed by atoms with E-state index in [0.717, 1.165) is 36.3 Å². The molecule has 0 aromatic heterocycles. The van der Waals surface area contributed by atoms with Gasteiger partial charge in [-0.15, -0.1) is 0 Å². The first-order valence-corrected chi connectivity index (χ1v) is 12.6. The van der Waals surface area contributed by atoms with E-state index in [1.165, 1.54) is 50.5 Å². The molecule has 3 N–H and O–H groups in total. The second-order valence-corrected chi connectivity index (χ2v) is 10.0. The van der Waals surface area contributed by atoms with Crippen LogP contribution in [0.25, 0.3) is 0 Å². The van der Waals surface area contributed by atoms with E-state index in [1.54, 1.807) is 0 Å². The maximum atomic E-state index is 12.9. The minimum absolute atomic E-state index is 0.115. The molecular weight excluding hydrogens is 400 g/mol. The summed E-state index contributed by atoms with van der Waals surface area (Å²) >= 11 is 0. The molecule has 0 saturated heterocycles. The van der Waals surface area contributed by atoms with Gasteiger partial charge in [-0.3, -0.25) is 9.59 Å². The summed E-state index contributed by atoms with van der Waals surface area (Å²) in [6, 6.07) is 7.78. The van der Waals surface area contributed by atoms with Crippen LogP contribution in [0.3, 0.4) is 0 Å². The summed E-state index contributed by atoms with van der Waals surface area (Å²) in [5, 5.41) is 14.8. The number of carbonyl (C=O) groups excluding carboxylic acids is 2. The monoisotopic (exact) mass is 438 g/mol. The minimum Gasteiger partial charge on any atom is -0.395 e. The Morgan fingerprint density at radius 3 is 2.38 bits per heavy atom. The fourth-order valence-corrected chi connectivity index (χ4v) is 4.80. The standard InChI is InChI=1S/C27H38N2O3/c30-17-16-28-27(32)25(18-21-8-10-22(11-9-21)23-14-15-23)29-26(31)24-12-6-20(7-13-24)3-1-2-19-4-5-19/h8-12,19-20,23,25,30H,1-7,13-18H2,(H,28,32)(H,29,31). The van der Waals surface area contributed by atoms with Crippen molar-refractivity contribution in [3.05, 3.63) is 47.0 Å². The smallest absolute Gasteiger partial charge is 0.247 e. The third kappa shape index (κ3) is 6.93. The summed E-state index contributed by atoms with van der Waals surface area (Å²) in [5.74, 6) is 2.02. The molecule has 0 radical (unpaired) electrons. The quantitative estimate of drug-likeness (QED) is 0.461. The molecule has 2 atom stereocenters. The Hall–Kier alpha value is -2.14. The lowest BCUT2D eigenvalue weighted by molar-refractivity contribution is -0.127. The van der Waals surface area contributed by atoms with Crippen LogP contribution in [-0.4, -0.2) is 36.1 Å². The van der Waals surface area contributed by atoms with E-state index in [-0.39, 0.29) is 25.0 Å². The van der Waals surface area contributed by atoms with Crippen molar-refractivity contribution in [1.29, 1.82) is 0 Å². The van der Waals surface area contributed by atoms with Crippen LogP contribution < -0.4 is 10.6 Å². The van der Waals surface area contributed by atoms with Crippen LogP contribution in [0.2, 0.25) is 0 Å². The number of hydrogen-bond acceptors (Lipinski definition) is 3. The van der Waals surface area contributed by atoms with E-state index in [0.29, 0.717) is 18.3 Å². The van der Waals surface area contributed by atoms with E-state index < -0.39 is 6.04 Å². The summed E-state index contributed by atoms with van der Waals surface area (Å²) in [6.45, 7) is 0.0762. The first-order chi connectivity index (χ1) is 15.6. The lowest BCUT2D eigenvalue weighted by atomic mass is 9.85.